The van der Waals surface area contributed by atoms with E-state index in [-0.39, 0.29) is 4.90 Å². The Balaban J connectivity index is 2.28. The second kappa shape index (κ2) is 6.20. The fourth-order valence-corrected chi connectivity index (χ4v) is 5.17. The minimum absolute atomic E-state index is 0.263. The van der Waals surface area contributed by atoms with Gasteiger partial charge in [-0.25, -0.2) is 0 Å². The second-order valence-electron chi connectivity index (χ2n) is 3.38. The molecule has 0 saturated heterocycles. The molecular weight excluding hydrogens is 476 g/mol. The molecule has 2 aromatic carbocycles. The van der Waals surface area contributed by atoms with Gasteiger partial charge in [0.2, 0.25) is 0 Å². The Kier molecular flexibility index (Phi) is 4.84. The van der Waals surface area contributed by atoms with Crippen LogP contribution in [0, 0.1) is 7.14 Å². The quantitative estimate of drug-likeness (QED) is 0.618. The summed E-state index contributed by atoms with van der Waals surface area (Å²) < 4.78 is 29.9. The molecule has 2 rings (SSSR count). The molecule has 0 saturated carbocycles. The van der Waals surface area contributed by atoms with Crippen molar-refractivity contribution in [1.82, 2.24) is 0 Å². The lowest BCUT2D eigenvalue weighted by Crippen LogP contribution is -1.94. The third-order valence-corrected chi connectivity index (χ3v) is 7.33. The van der Waals surface area contributed by atoms with Crippen LogP contribution in [0.1, 0.15) is 0 Å². The van der Waals surface area contributed by atoms with Crippen molar-refractivity contribution in [2.45, 2.75) is 4.90 Å². The summed E-state index contributed by atoms with van der Waals surface area (Å²) in [6.45, 7) is 0. The van der Waals surface area contributed by atoms with Crippen molar-refractivity contribution < 1.29 is 8.42 Å². The molecule has 0 fully saturated rings. The highest BCUT2D eigenvalue weighted by molar-refractivity contribution is 14.2. The highest BCUT2D eigenvalue weighted by Crippen LogP contribution is 2.21. The molecule has 0 aliphatic carbocycles. The first-order valence-electron chi connectivity index (χ1n) is 5.00. The number of benzene rings is 2. The van der Waals surface area contributed by atoms with E-state index in [1.807, 2.05) is 30.3 Å². The largest absolute Gasteiger partial charge is 0.286 e. The summed E-state index contributed by atoms with van der Waals surface area (Å²) in [7, 11) is -3.50. The van der Waals surface area contributed by atoms with Crippen molar-refractivity contribution in [3.63, 3.8) is 0 Å². The smallest absolute Gasteiger partial charge is 0.199 e. The molecule has 0 atom stereocenters. The van der Waals surface area contributed by atoms with Crippen molar-refractivity contribution in [2.75, 3.05) is 0 Å². The van der Waals surface area contributed by atoms with E-state index in [0.717, 1.165) is 7.14 Å². The van der Waals surface area contributed by atoms with Crippen LogP contribution in [0.5, 0.6) is 0 Å². The highest BCUT2D eigenvalue weighted by Gasteiger charge is 2.11. The molecular formula is C12H9I2NO2S. The van der Waals surface area contributed by atoms with Crippen LogP contribution < -0.4 is 0 Å². The van der Waals surface area contributed by atoms with Gasteiger partial charge in [-0.3, -0.25) is 0 Å². The van der Waals surface area contributed by atoms with E-state index in [1.165, 1.54) is 0 Å². The van der Waals surface area contributed by atoms with Crippen molar-refractivity contribution in [2.24, 2.45) is 2.55 Å². The van der Waals surface area contributed by atoms with Gasteiger partial charge in [-0.05, 0) is 59.0 Å². The molecule has 6 heteroatoms. The summed E-state index contributed by atoms with van der Waals surface area (Å²) in [5, 5.41) is 0. The number of halogens is 2. The first-order chi connectivity index (χ1) is 8.58. The Morgan fingerprint density at radius 3 is 2.17 bits per heavy atom. The average Bonchev–Trinajstić information content (AvgIpc) is 2.38. The maximum Gasteiger partial charge on any atom is 0.286 e. The summed E-state index contributed by atoms with van der Waals surface area (Å²) in [6, 6.07) is 16.2. The molecule has 18 heavy (non-hydrogen) atoms. The number of sulfonamides is 1. The van der Waals surface area contributed by atoms with Crippen LogP contribution in [0.4, 0.5) is 0 Å². The topological polar surface area (TPSA) is 46.5 Å². The second-order valence-corrected chi connectivity index (χ2v) is 9.09. The molecule has 94 valence electrons. The molecule has 0 radical (unpaired) electrons. The molecule has 2 aromatic rings. The predicted octanol–water partition coefficient (Wildman–Crippen LogP) is 4.00. The van der Waals surface area contributed by atoms with Crippen LogP contribution >= 0.6 is 43.6 Å². The Bertz CT molecular complexity index is 652. The lowest BCUT2D eigenvalue weighted by Gasteiger charge is -1.98. The standard InChI is InChI=1S/C12H9I2NO2S/c13-10-6-8-12(9-7-10)18(16,17)15-14-11-4-2-1-3-5-11/h1-9H. The first kappa shape index (κ1) is 14.1. The van der Waals surface area contributed by atoms with Gasteiger partial charge in [0.05, 0.1) is 4.90 Å². The van der Waals surface area contributed by atoms with E-state index in [2.05, 4.69) is 25.1 Å². The third kappa shape index (κ3) is 3.82. The van der Waals surface area contributed by atoms with E-state index in [9.17, 15) is 8.42 Å². The predicted molar refractivity (Wildman–Crippen MR) is 87.9 cm³/mol. The fourth-order valence-electron chi connectivity index (χ4n) is 1.20. The van der Waals surface area contributed by atoms with Crippen LogP contribution in [0.2, 0.25) is 0 Å². The fraction of sp³-hybridized carbons (Fsp3) is 0. The highest BCUT2D eigenvalue weighted by atomic mass is 127. The maximum absolute atomic E-state index is 12.0. The van der Waals surface area contributed by atoms with E-state index in [1.54, 1.807) is 24.3 Å². The molecule has 0 amide bonds. The Morgan fingerprint density at radius 2 is 1.56 bits per heavy atom. The molecule has 0 aliphatic heterocycles. The summed E-state index contributed by atoms with van der Waals surface area (Å²) in [5.41, 5.74) is 0. The van der Waals surface area contributed by atoms with Crippen LogP contribution in [-0.2, 0) is 10.0 Å². The zero-order valence-corrected chi connectivity index (χ0v) is 14.3. The maximum atomic E-state index is 12.0. The molecule has 0 N–H and O–H groups in total. The van der Waals surface area contributed by atoms with Gasteiger partial charge in [-0.15, -0.1) is 2.55 Å². The molecule has 0 unspecified atom stereocenters. The monoisotopic (exact) mass is 485 g/mol. The molecule has 0 aliphatic rings. The van der Waals surface area contributed by atoms with Gasteiger partial charge in [-0.2, -0.15) is 8.42 Å². The Labute approximate surface area is 130 Å². The van der Waals surface area contributed by atoms with Gasteiger partial charge in [0, 0.05) is 28.2 Å². The molecule has 0 heterocycles. The van der Waals surface area contributed by atoms with Crippen molar-refractivity contribution in [3.8, 4) is 0 Å². The van der Waals surface area contributed by atoms with Crippen LogP contribution in [0.15, 0.2) is 62.0 Å². The summed E-state index contributed by atoms with van der Waals surface area (Å²) in [5.74, 6) is 0. The van der Waals surface area contributed by atoms with Gasteiger partial charge < -0.3 is 0 Å². The van der Waals surface area contributed by atoms with Gasteiger partial charge >= 0.3 is 0 Å². The van der Waals surface area contributed by atoms with Gasteiger partial charge in [0.15, 0.2) is 0 Å². The summed E-state index contributed by atoms with van der Waals surface area (Å²) >= 11 is 1.28. The van der Waals surface area contributed by atoms with E-state index >= 15 is 0 Å². The van der Waals surface area contributed by atoms with Crippen LogP contribution in [-0.4, -0.2) is 8.42 Å². The van der Waals surface area contributed by atoms with Crippen LogP contribution in [0.3, 0.4) is 0 Å². The van der Waals surface area contributed by atoms with Gasteiger partial charge in [0.1, 0.15) is 0 Å². The molecule has 3 nitrogen and oxygen atoms in total. The van der Waals surface area contributed by atoms with E-state index in [4.69, 9.17) is 0 Å². The minimum atomic E-state index is -3.50. The molecule has 0 aromatic heterocycles. The normalized spacial score (nSPS) is 12.3. The van der Waals surface area contributed by atoms with Crippen molar-refractivity contribution >= 4 is 53.6 Å². The summed E-state index contributed by atoms with van der Waals surface area (Å²) in [6.07, 6.45) is 0. The SMILES string of the molecule is O=S(=O)(N=Ic1ccccc1)c1ccc(I)cc1. The number of rotatable bonds is 3. The van der Waals surface area contributed by atoms with Crippen molar-refractivity contribution in [3.05, 3.63) is 61.7 Å². The van der Waals surface area contributed by atoms with E-state index in [0.29, 0.717) is 0 Å². The number of nitrogens with zero attached hydrogens (tertiary/aromatic N) is 1. The van der Waals surface area contributed by atoms with Crippen molar-refractivity contribution in [1.29, 1.82) is 0 Å². The lowest BCUT2D eigenvalue weighted by molar-refractivity contribution is 0.599. The number of hydrogen-bond acceptors (Lipinski definition) is 2. The van der Waals surface area contributed by atoms with Gasteiger partial charge in [-0.1, -0.05) is 18.2 Å². The molecule has 0 spiro atoms. The zero-order valence-electron chi connectivity index (χ0n) is 9.12. The average molecular weight is 485 g/mol. The summed E-state index contributed by atoms with van der Waals surface area (Å²) in [4.78, 5) is 0.263. The first-order valence-corrected chi connectivity index (χ1v) is 9.56. The van der Waals surface area contributed by atoms with Gasteiger partial charge in [0.25, 0.3) is 10.0 Å². The zero-order chi connectivity index (χ0) is 13.0. The van der Waals surface area contributed by atoms with E-state index < -0.39 is 31.1 Å². The Hall–Kier alpha value is -0.350. The third-order valence-electron chi connectivity index (χ3n) is 2.07. The molecule has 0 bridgehead atoms. The Morgan fingerprint density at radius 1 is 0.944 bits per heavy atom. The number of hydrogen-bond donors (Lipinski definition) is 0. The minimum Gasteiger partial charge on any atom is -0.199 e. The lowest BCUT2D eigenvalue weighted by atomic mass is 10.4. The van der Waals surface area contributed by atoms with Crippen LogP contribution in [0.25, 0.3) is 0 Å².